The molecule has 1 fully saturated rings. The molecule has 1 atom stereocenters. The average molecular weight is 214 g/mol. The van der Waals surface area contributed by atoms with Crippen LogP contribution in [0, 0.1) is 0 Å². The first-order chi connectivity index (χ1) is 6.93. The molecule has 2 N–H and O–H groups in total. The topological polar surface area (TPSA) is 35.5 Å². The maximum Gasteiger partial charge on any atom is 0.0582 e. The van der Waals surface area contributed by atoms with Gasteiger partial charge in [-0.3, -0.25) is 4.90 Å². The van der Waals surface area contributed by atoms with E-state index in [2.05, 4.69) is 31.0 Å². The van der Waals surface area contributed by atoms with Gasteiger partial charge < -0.3 is 10.4 Å². The Morgan fingerprint density at radius 3 is 2.27 bits per heavy atom. The molecule has 1 aliphatic heterocycles. The van der Waals surface area contributed by atoms with Gasteiger partial charge in [-0.2, -0.15) is 0 Å². The van der Waals surface area contributed by atoms with E-state index in [1.165, 1.54) is 25.9 Å². The molecule has 0 aromatic heterocycles. The summed E-state index contributed by atoms with van der Waals surface area (Å²) >= 11 is 0. The van der Waals surface area contributed by atoms with Crippen LogP contribution in [0.25, 0.3) is 0 Å². The second-order valence-electron chi connectivity index (χ2n) is 5.68. The zero-order valence-corrected chi connectivity index (χ0v) is 10.6. The number of nitrogens with zero attached hydrogens (tertiary/aromatic N) is 1. The lowest BCUT2D eigenvalue weighted by molar-refractivity contribution is 0.0914. The Kier molecular flexibility index (Phi) is 4.56. The van der Waals surface area contributed by atoms with E-state index >= 15 is 0 Å². The zero-order chi connectivity index (χ0) is 11.5. The molecule has 1 aliphatic rings. The Balaban J connectivity index is 2.30. The van der Waals surface area contributed by atoms with Crippen molar-refractivity contribution in [3.05, 3.63) is 0 Å². The molecule has 1 saturated heterocycles. The van der Waals surface area contributed by atoms with Crippen molar-refractivity contribution in [3.63, 3.8) is 0 Å². The fourth-order valence-corrected chi connectivity index (χ4v) is 2.17. The van der Waals surface area contributed by atoms with E-state index in [1.54, 1.807) is 0 Å². The van der Waals surface area contributed by atoms with E-state index in [4.69, 9.17) is 5.11 Å². The summed E-state index contributed by atoms with van der Waals surface area (Å²) in [6.45, 7) is 11.4. The minimum Gasteiger partial charge on any atom is -0.395 e. The van der Waals surface area contributed by atoms with Gasteiger partial charge in [-0.1, -0.05) is 0 Å². The molecule has 3 heteroatoms. The van der Waals surface area contributed by atoms with Crippen LogP contribution in [0.5, 0.6) is 0 Å². The van der Waals surface area contributed by atoms with E-state index < -0.39 is 0 Å². The normalized spacial score (nSPS) is 23.0. The number of nitrogens with one attached hydrogen (secondary N) is 1. The molecule has 1 heterocycles. The van der Waals surface area contributed by atoms with Gasteiger partial charge in [-0.25, -0.2) is 0 Å². The first-order valence-corrected chi connectivity index (χ1v) is 6.05. The molecule has 0 amide bonds. The van der Waals surface area contributed by atoms with Gasteiger partial charge in [0.25, 0.3) is 0 Å². The minimum absolute atomic E-state index is 0.233. The van der Waals surface area contributed by atoms with Crippen molar-refractivity contribution in [2.24, 2.45) is 0 Å². The number of aliphatic hydroxyl groups excluding tert-OH is 1. The molecule has 0 aliphatic carbocycles. The van der Waals surface area contributed by atoms with Gasteiger partial charge in [-0.05, 0) is 40.5 Å². The van der Waals surface area contributed by atoms with Crippen molar-refractivity contribution in [2.75, 3.05) is 19.7 Å². The molecule has 0 saturated carbocycles. The van der Waals surface area contributed by atoms with Gasteiger partial charge in [0, 0.05) is 30.7 Å². The van der Waals surface area contributed by atoms with Crippen molar-refractivity contribution in [2.45, 2.75) is 58.2 Å². The van der Waals surface area contributed by atoms with E-state index in [9.17, 15) is 0 Å². The van der Waals surface area contributed by atoms with E-state index in [0.29, 0.717) is 11.6 Å². The van der Waals surface area contributed by atoms with Crippen LogP contribution >= 0.6 is 0 Å². The molecule has 0 aromatic carbocycles. The Morgan fingerprint density at radius 1 is 1.33 bits per heavy atom. The van der Waals surface area contributed by atoms with Crippen molar-refractivity contribution in [1.29, 1.82) is 0 Å². The van der Waals surface area contributed by atoms with Crippen LogP contribution < -0.4 is 5.32 Å². The minimum atomic E-state index is 0.233. The van der Waals surface area contributed by atoms with Gasteiger partial charge in [0.1, 0.15) is 0 Å². The molecule has 0 spiro atoms. The predicted octanol–water partition coefficient (Wildman–Crippen LogP) is 1.22. The summed E-state index contributed by atoms with van der Waals surface area (Å²) in [6, 6.07) is 0.821. The quantitative estimate of drug-likeness (QED) is 0.741. The number of aliphatic hydroxyl groups is 1. The van der Waals surface area contributed by atoms with Crippen molar-refractivity contribution in [1.82, 2.24) is 10.2 Å². The lowest BCUT2D eigenvalue weighted by Gasteiger charge is -2.41. The Morgan fingerprint density at radius 2 is 1.87 bits per heavy atom. The summed E-state index contributed by atoms with van der Waals surface area (Å²) in [7, 11) is 0. The Bertz CT molecular complexity index is 181. The van der Waals surface area contributed by atoms with Crippen LogP contribution in [0.2, 0.25) is 0 Å². The van der Waals surface area contributed by atoms with Crippen molar-refractivity contribution in [3.8, 4) is 0 Å². The second kappa shape index (κ2) is 5.28. The highest BCUT2D eigenvalue weighted by Crippen LogP contribution is 2.20. The highest BCUT2D eigenvalue weighted by atomic mass is 16.3. The standard InChI is InChI=1S/C12H26N2O/c1-10(9-15)13-11-5-7-14(8-6-11)12(2,3)4/h10-11,13,15H,5-9H2,1-4H3/t10-/m0/s1. The first-order valence-electron chi connectivity index (χ1n) is 6.05. The van der Waals surface area contributed by atoms with Gasteiger partial charge in [0.05, 0.1) is 6.61 Å². The maximum absolute atomic E-state index is 8.97. The number of rotatable bonds is 3. The highest BCUT2D eigenvalue weighted by molar-refractivity contribution is 4.85. The molecule has 90 valence electrons. The first kappa shape index (κ1) is 12.9. The van der Waals surface area contributed by atoms with Crippen LogP contribution in [0.1, 0.15) is 40.5 Å². The largest absolute Gasteiger partial charge is 0.395 e. The van der Waals surface area contributed by atoms with Crippen molar-refractivity contribution >= 4 is 0 Å². The lowest BCUT2D eigenvalue weighted by atomic mass is 9.97. The summed E-state index contributed by atoms with van der Waals surface area (Å²) in [4.78, 5) is 2.54. The van der Waals surface area contributed by atoms with E-state index in [1.807, 2.05) is 6.92 Å². The Labute approximate surface area is 93.9 Å². The summed E-state index contributed by atoms with van der Waals surface area (Å²) in [5, 5.41) is 12.4. The average Bonchev–Trinajstić information content (AvgIpc) is 2.17. The van der Waals surface area contributed by atoms with Gasteiger partial charge in [-0.15, -0.1) is 0 Å². The zero-order valence-electron chi connectivity index (χ0n) is 10.6. The molecule has 15 heavy (non-hydrogen) atoms. The molecular weight excluding hydrogens is 188 g/mol. The molecule has 3 nitrogen and oxygen atoms in total. The smallest absolute Gasteiger partial charge is 0.0582 e. The van der Waals surface area contributed by atoms with Crippen LogP contribution in [-0.2, 0) is 0 Å². The van der Waals surface area contributed by atoms with Crippen LogP contribution in [0.15, 0.2) is 0 Å². The number of hydrogen-bond donors (Lipinski definition) is 2. The molecule has 1 rings (SSSR count). The molecule has 0 unspecified atom stereocenters. The molecular formula is C12H26N2O. The summed E-state index contributed by atoms with van der Waals surface area (Å²) in [5.74, 6) is 0. The molecule has 0 radical (unpaired) electrons. The van der Waals surface area contributed by atoms with Crippen molar-refractivity contribution < 1.29 is 5.11 Å². The third kappa shape index (κ3) is 4.09. The predicted molar refractivity (Wildman–Crippen MR) is 64.0 cm³/mol. The monoisotopic (exact) mass is 214 g/mol. The van der Waals surface area contributed by atoms with Crippen LogP contribution in [-0.4, -0.2) is 47.3 Å². The van der Waals surface area contributed by atoms with Crippen LogP contribution in [0.3, 0.4) is 0 Å². The maximum atomic E-state index is 8.97. The number of piperidine rings is 1. The Hall–Kier alpha value is -0.120. The number of likely N-dealkylation sites (tertiary alicyclic amines) is 1. The molecule has 0 bridgehead atoms. The fraction of sp³-hybridized carbons (Fsp3) is 1.00. The van der Waals surface area contributed by atoms with Gasteiger partial charge >= 0.3 is 0 Å². The summed E-state index contributed by atoms with van der Waals surface area (Å²) in [6.07, 6.45) is 2.39. The SMILES string of the molecule is C[C@@H](CO)NC1CCN(C(C)(C)C)CC1. The summed E-state index contributed by atoms with van der Waals surface area (Å²) < 4.78 is 0. The summed E-state index contributed by atoms with van der Waals surface area (Å²) in [5.41, 5.74) is 0.299. The van der Waals surface area contributed by atoms with Gasteiger partial charge in [0.2, 0.25) is 0 Å². The van der Waals surface area contributed by atoms with Gasteiger partial charge in [0.15, 0.2) is 0 Å². The lowest BCUT2D eigenvalue weighted by Crippen LogP contribution is -2.51. The van der Waals surface area contributed by atoms with E-state index in [0.717, 1.165) is 0 Å². The fourth-order valence-electron chi connectivity index (χ4n) is 2.17. The molecule has 0 aromatic rings. The third-order valence-electron chi connectivity index (χ3n) is 3.24. The van der Waals surface area contributed by atoms with Crippen LogP contribution in [0.4, 0.5) is 0 Å². The second-order valence-corrected chi connectivity index (χ2v) is 5.68. The van der Waals surface area contributed by atoms with E-state index in [-0.39, 0.29) is 12.6 Å². The number of hydrogen-bond acceptors (Lipinski definition) is 3. The third-order valence-corrected chi connectivity index (χ3v) is 3.24. The highest BCUT2D eigenvalue weighted by Gasteiger charge is 2.27.